The third-order valence-electron chi connectivity index (χ3n) is 6.60. The fourth-order valence-corrected chi connectivity index (χ4v) is 14.1. The Morgan fingerprint density at radius 2 is 0.973 bits per heavy atom. The molecule has 5 aromatic rings. The highest BCUT2D eigenvalue weighted by atomic mass is 79.9. The smallest absolute Gasteiger partial charge is 0.200 e. The van der Waals surface area contributed by atoms with E-state index in [0.717, 1.165) is 15.9 Å². The molecule has 5 rings (SSSR count). The van der Waals surface area contributed by atoms with E-state index in [-0.39, 0.29) is 5.78 Å². The summed E-state index contributed by atoms with van der Waals surface area (Å²) in [6, 6.07) is 51.0. The van der Waals surface area contributed by atoms with Gasteiger partial charge in [0.15, 0.2) is 0 Å². The standard InChI is InChI=1S/C33H28BrOP2/c34-28-23-21-27(22-24-28)33(35)25-37(31-17-9-3-10-18-31,32-19-11-4-12-20-32)26-36(29-13-5-1-6-14-29)30-15-7-2-8-16-30/h1-24H,25-26H2/q+1. The average molecular weight is 582 g/mol. The van der Waals surface area contributed by atoms with Gasteiger partial charge in [-0.15, -0.1) is 0 Å². The highest BCUT2D eigenvalue weighted by Gasteiger charge is 2.47. The van der Waals surface area contributed by atoms with Crippen molar-refractivity contribution in [2.45, 2.75) is 0 Å². The van der Waals surface area contributed by atoms with Gasteiger partial charge in [0.25, 0.3) is 0 Å². The van der Waals surface area contributed by atoms with Crippen LogP contribution < -0.4 is 21.2 Å². The van der Waals surface area contributed by atoms with E-state index < -0.39 is 15.2 Å². The normalized spacial score (nSPS) is 11.4. The number of rotatable bonds is 9. The summed E-state index contributed by atoms with van der Waals surface area (Å²) in [5, 5.41) is 5.25. The number of carbonyl (C=O) groups is 1. The molecule has 0 aliphatic heterocycles. The molecule has 0 heterocycles. The molecule has 182 valence electrons. The highest BCUT2D eigenvalue weighted by Crippen LogP contribution is 2.64. The number of carbonyl (C=O) groups excluding carboxylic acids is 1. The SMILES string of the molecule is O=C(C[P+](CP(c1ccccc1)c1ccccc1)(c1ccccc1)c1ccccc1)c1ccc(Br)cc1. The van der Waals surface area contributed by atoms with E-state index in [1.165, 1.54) is 21.2 Å². The summed E-state index contributed by atoms with van der Waals surface area (Å²) in [6.45, 7) is 0. The van der Waals surface area contributed by atoms with E-state index in [1.807, 2.05) is 24.3 Å². The number of benzene rings is 5. The first kappa shape index (κ1) is 25.7. The maximum absolute atomic E-state index is 14.0. The largest absolute Gasteiger partial charge is 0.290 e. The molecule has 0 fully saturated rings. The Balaban J connectivity index is 1.70. The molecule has 0 radical (unpaired) electrons. The first-order valence-electron chi connectivity index (χ1n) is 12.3. The predicted octanol–water partition coefficient (Wildman–Crippen LogP) is 7.39. The van der Waals surface area contributed by atoms with Crippen molar-refractivity contribution in [3.8, 4) is 0 Å². The van der Waals surface area contributed by atoms with Crippen molar-refractivity contribution in [2.24, 2.45) is 0 Å². The van der Waals surface area contributed by atoms with E-state index in [2.05, 4.69) is 137 Å². The fourth-order valence-electron chi connectivity index (χ4n) is 4.71. The van der Waals surface area contributed by atoms with Crippen LogP contribution in [0.4, 0.5) is 0 Å². The summed E-state index contributed by atoms with van der Waals surface area (Å²) in [4.78, 5) is 14.0. The van der Waals surface area contributed by atoms with Gasteiger partial charge in [-0.25, -0.2) is 0 Å². The zero-order valence-corrected chi connectivity index (χ0v) is 23.8. The molecule has 0 atom stereocenters. The van der Waals surface area contributed by atoms with Crippen molar-refractivity contribution < 1.29 is 4.79 Å². The van der Waals surface area contributed by atoms with Crippen LogP contribution in [0.25, 0.3) is 0 Å². The van der Waals surface area contributed by atoms with E-state index in [4.69, 9.17) is 0 Å². The van der Waals surface area contributed by atoms with Crippen LogP contribution in [0.15, 0.2) is 150 Å². The molecule has 37 heavy (non-hydrogen) atoms. The second-order valence-corrected chi connectivity index (χ2v) is 16.2. The minimum absolute atomic E-state index is 0.199. The second-order valence-electron chi connectivity index (χ2n) is 8.97. The van der Waals surface area contributed by atoms with Gasteiger partial charge < -0.3 is 0 Å². The van der Waals surface area contributed by atoms with Gasteiger partial charge in [0.1, 0.15) is 16.8 Å². The topological polar surface area (TPSA) is 17.1 Å². The quantitative estimate of drug-likeness (QED) is 0.131. The Labute approximate surface area is 229 Å². The summed E-state index contributed by atoms with van der Waals surface area (Å²) in [7, 11) is -2.85. The molecular formula is C33H28BrOP2+. The van der Waals surface area contributed by atoms with Crippen LogP contribution in [0.2, 0.25) is 0 Å². The van der Waals surface area contributed by atoms with Crippen LogP contribution in [-0.2, 0) is 0 Å². The number of ketones is 1. The molecule has 0 aliphatic rings. The molecule has 0 unspecified atom stereocenters. The van der Waals surface area contributed by atoms with Gasteiger partial charge in [0.05, 0.1) is 13.2 Å². The first-order chi connectivity index (χ1) is 18.2. The van der Waals surface area contributed by atoms with Gasteiger partial charge >= 0.3 is 0 Å². The van der Waals surface area contributed by atoms with Crippen molar-refractivity contribution in [1.29, 1.82) is 0 Å². The van der Waals surface area contributed by atoms with Crippen LogP contribution in [0.1, 0.15) is 10.4 Å². The molecule has 0 N–H and O–H groups in total. The Morgan fingerprint density at radius 1 is 0.568 bits per heavy atom. The van der Waals surface area contributed by atoms with Crippen molar-refractivity contribution >= 4 is 58.1 Å². The van der Waals surface area contributed by atoms with Crippen LogP contribution in [0, 0.1) is 0 Å². The molecule has 5 aromatic carbocycles. The molecule has 1 nitrogen and oxygen atoms in total. The van der Waals surface area contributed by atoms with E-state index in [0.29, 0.717) is 6.16 Å². The van der Waals surface area contributed by atoms with Crippen LogP contribution in [0.3, 0.4) is 0 Å². The lowest BCUT2D eigenvalue weighted by Crippen LogP contribution is -2.32. The predicted molar refractivity (Wildman–Crippen MR) is 166 cm³/mol. The average Bonchev–Trinajstić information content (AvgIpc) is 2.97. The van der Waals surface area contributed by atoms with Crippen LogP contribution in [-0.4, -0.2) is 17.8 Å². The summed E-state index contributed by atoms with van der Waals surface area (Å²) >= 11 is 3.51. The monoisotopic (exact) mass is 581 g/mol. The Kier molecular flexibility index (Phi) is 8.42. The van der Waals surface area contributed by atoms with Crippen LogP contribution >= 0.6 is 31.1 Å². The summed E-state index contributed by atoms with van der Waals surface area (Å²) < 4.78 is 0.980. The lowest BCUT2D eigenvalue weighted by Gasteiger charge is -2.31. The van der Waals surface area contributed by atoms with Gasteiger partial charge in [-0.2, -0.15) is 0 Å². The molecule has 0 amide bonds. The molecule has 0 aliphatic carbocycles. The summed E-state index contributed by atoms with van der Waals surface area (Å²) in [5.41, 5.74) is 0.767. The van der Waals surface area contributed by atoms with E-state index >= 15 is 0 Å². The highest BCUT2D eigenvalue weighted by molar-refractivity contribution is 9.10. The van der Waals surface area contributed by atoms with Crippen LogP contribution in [0.5, 0.6) is 0 Å². The van der Waals surface area contributed by atoms with Gasteiger partial charge in [-0.3, -0.25) is 4.79 Å². The molecule has 0 saturated heterocycles. The third-order valence-corrected chi connectivity index (χ3v) is 15.4. The Hall–Kier alpha value is -2.89. The Morgan fingerprint density at radius 3 is 1.41 bits per heavy atom. The van der Waals surface area contributed by atoms with E-state index in [1.54, 1.807) is 0 Å². The van der Waals surface area contributed by atoms with Gasteiger partial charge in [0.2, 0.25) is 5.78 Å². The van der Waals surface area contributed by atoms with Gasteiger partial charge in [-0.1, -0.05) is 125 Å². The minimum atomic E-state index is -2.15. The van der Waals surface area contributed by atoms with Crippen molar-refractivity contribution in [2.75, 3.05) is 12.1 Å². The third kappa shape index (κ3) is 6.00. The van der Waals surface area contributed by atoms with E-state index in [9.17, 15) is 4.79 Å². The maximum Gasteiger partial charge on any atom is 0.200 e. The molecule has 0 bridgehead atoms. The van der Waals surface area contributed by atoms with Gasteiger partial charge in [0, 0.05) is 10.0 Å². The zero-order chi connectivity index (χ0) is 25.5. The number of hydrogen-bond acceptors (Lipinski definition) is 1. The lowest BCUT2D eigenvalue weighted by molar-refractivity contribution is 0.102. The summed E-state index contributed by atoms with van der Waals surface area (Å²) in [5.74, 6) is 1.14. The second kappa shape index (κ2) is 12.1. The van der Waals surface area contributed by atoms with Crippen molar-refractivity contribution in [3.05, 3.63) is 156 Å². The number of Topliss-reactive ketones (excluding diaryl/α,β-unsaturated/α-hetero) is 1. The maximum atomic E-state index is 14.0. The molecule has 0 spiro atoms. The molecule has 0 aromatic heterocycles. The number of hydrogen-bond donors (Lipinski definition) is 0. The van der Waals surface area contributed by atoms with Crippen molar-refractivity contribution in [1.82, 2.24) is 0 Å². The molecular weight excluding hydrogens is 554 g/mol. The zero-order valence-electron chi connectivity index (χ0n) is 20.5. The summed E-state index contributed by atoms with van der Waals surface area (Å²) in [6.07, 6.45) is 0.501. The molecule has 4 heteroatoms. The minimum Gasteiger partial charge on any atom is -0.290 e. The van der Waals surface area contributed by atoms with Crippen molar-refractivity contribution in [3.63, 3.8) is 0 Å². The van der Waals surface area contributed by atoms with Gasteiger partial charge in [-0.05, 0) is 54.9 Å². The Bertz CT molecular complexity index is 1350. The lowest BCUT2D eigenvalue weighted by atomic mass is 10.2. The molecule has 0 saturated carbocycles. The fraction of sp³-hybridized carbons (Fsp3) is 0.0606. The first-order valence-corrected chi connectivity index (χ1v) is 16.8. The number of halogens is 1.